The van der Waals surface area contributed by atoms with Crippen LogP contribution in [0.1, 0.15) is 30.5 Å². The van der Waals surface area contributed by atoms with Gasteiger partial charge in [-0.3, -0.25) is 0 Å². The van der Waals surface area contributed by atoms with E-state index in [4.69, 9.17) is 0 Å². The number of hydrogen-bond donors (Lipinski definition) is 0. The topological polar surface area (TPSA) is 0 Å². The van der Waals surface area contributed by atoms with Crippen LogP contribution in [0.15, 0.2) is 48.5 Å². The van der Waals surface area contributed by atoms with Crippen molar-refractivity contribution < 1.29 is 17.6 Å². The predicted octanol–water partition coefficient (Wildman–Crippen LogP) is 5.17. The molecule has 20 heavy (non-hydrogen) atoms. The normalized spacial score (nSPS) is 12.5. The molecule has 0 spiro atoms. The lowest BCUT2D eigenvalue weighted by Crippen LogP contribution is -2.19. The van der Waals surface area contributed by atoms with E-state index >= 15 is 0 Å². The molecule has 0 aliphatic heterocycles. The summed E-state index contributed by atoms with van der Waals surface area (Å²) in [7, 11) is 0. The lowest BCUT2D eigenvalue weighted by atomic mass is 9.78. The zero-order valence-corrected chi connectivity index (χ0v) is 11.1. The van der Waals surface area contributed by atoms with E-state index in [2.05, 4.69) is 0 Å². The minimum atomic E-state index is -4.33. The standard InChI is InChI=1S/C16H14F4/c1-15(2,12-7-9-14(17)10-8-12)11-3-5-13(6-4-11)16(18,19)20/h3-10H,1-2H3. The molecule has 4 heteroatoms. The van der Waals surface area contributed by atoms with E-state index < -0.39 is 17.2 Å². The van der Waals surface area contributed by atoms with E-state index in [-0.39, 0.29) is 5.82 Å². The second-order valence-corrected chi connectivity index (χ2v) is 5.21. The highest BCUT2D eigenvalue weighted by atomic mass is 19.4. The molecule has 0 N–H and O–H groups in total. The van der Waals surface area contributed by atoms with Crippen LogP contribution in [0.3, 0.4) is 0 Å². The zero-order chi connectivity index (χ0) is 15.0. The Balaban J connectivity index is 2.37. The Morgan fingerprint density at radius 3 is 1.40 bits per heavy atom. The minimum Gasteiger partial charge on any atom is -0.207 e. The Labute approximate surface area is 115 Å². The number of halogens is 4. The van der Waals surface area contributed by atoms with Crippen LogP contribution in [0.4, 0.5) is 17.6 Å². The Kier molecular flexibility index (Phi) is 3.59. The van der Waals surface area contributed by atoms with Crippen molar-refractivity contribution in [2.45, 2.75) is 25.4 Å². The minimum absolute atomic E-state index is 0.336. The fourth-order valence-electron chi connectivity index (χ4n) is 2.11. The van der Waals surface area contributed by atoms with Crippen LogP contribution in [-0.2, 0) is 11.6 Å². The average molecular weight is 282 g/mol. The Morgan fingerprint density at radius 2 is 1.00 bits per heavy atom. The molecule has 2 aromatic rings. The van der Waals surface area contributed by atoms with E-state index in [1.807, 2.05) is 13.8 Å². The lowest BCUT2D eigenvalue weighted by Gasteiger charge is -2.26. The largest absolute Gasteiger partial charge is 0.416 e. The first-order valence-electron chi connectivity index (χ1n) is 6.15. The van der Waals surface area contributed by atoms with Crippen molar-refractivity contribution in [3.63, 3.8) is 0 Å². The third-order valence-corrected chi connectivity index (χ3v) is 3.50. The Bertz CT molecular complexity index is 577. The van der Waals surface area contributed by atoms with Crippen LogP contribution in [0.5, 0.6) is 0 Å². The van der Waals surface area contributed by atoms with Crippen molar-refractivity contribution in [1.82, 2.24) is 0 Å². The molecule has 0 amide bonds. The van der Waals surface area contributed by atoms with E-state index in [1.165, 1.54) is 24.3 Å². The fraction of sp³-hybridized carbons (Fsp3) is 0.250. The quantitative estimate of drug-likeness (QED) is 0.666. The van der Waals surface area contributed by atoms with Crippen molar-refractivity contribution in [2.24, 2.45) is 0 Å². The number of hydrogen-bond acceptors (Lipinski definition) is 0. The van der Waals surface area contributed by atoms with Crippen molar-refractivity contribution in [3.05, 3.63) is 71.0 Å². The van der Waals surface area contributed by atoms with Crippen molar-refractivity contribution >= 4 is 0 Å². The number of benzene rings is 2. The van der Waals surface area contributed by atoms with Gasteiger partial charge < -0.3 is 0 Å². The van der Waals surface area contributed by atoms with Gasteiger partial charge in [-0.25, -0.2) is 4.39 Å². The van der Waals surface area contributed by atoms with Gasteiger partial charge in [0.05, 0.1) is 5.56 Å². The molecule has 0 saturated heterocycles. The molecule has 0 unspecified atom stereocenters. The van der Waals surface area contributed by atoms with Crippen LogP contribution in [0, 0.1) is 5.82 Å². The summed E-state index contributed by atoms with van der Waals surface area (Å²) < 4.78 is 50.6. The maximum Gasteiger partial charge on any atom is 0.416 e. The Hall–Kier alpha value is -1.84. The monoisotopic (exact) mass is 282 g/mol. The molecule has 0 fully saturated rings. The molecular formula is C16H14F4. The van der Waals surface area contributed by atoms with E-state index in [0.29, 0.717) is 0 Å². The van der Waals surface area contributed by atoms with Gasteiger partial charge in [0.2, 0.25) is 0 Å². The smallest absolute Gasteiger partial charge is 0.207 e. The molecule has 0 heterocycles. The van der Waals surface area contributed by atoms with E-state index in [1.54, 1.807) is 12.1 Å². The van der Waals surface area contributed by atoms with Gasteiger partial charge in [-0.1, -0.05) is 38.1 Å². The van der Waals surface area contributed by atoms with Gasteiger partial charge in [0.1, 0.15) is 5.82 Å². The number of alkyl halides is 3. The molecule has 0 atom stereocenters. The molecule has 0 aliphatic carbocycles. The maximum absolute atomic E-state index is 12.9. The van der Waals surface area contributed by atoms with Gasteiger partial charge in [-0.15, -0.1) is 0 Å². The summed E-state index contributed by atoms with van der Waals surface area (Å²) in [5, 5.41) is 0. The molecule has 0 saturated carbocycles. The highest BCUT2D eigenvalue weighted by molar-refractivity contribution is 5.39. The van der Waals surface area contributed by atoms with Crippen LogP contribution in [-0.4, -0.2) is 0 Å². The summed E-state index contributed by atoms with van der Waals surface area (Å²) in [6.45, 7) is 3.78. The molecule has 0 radical (unpaired) electrons. The van der Waals surface area contributed by atoms with Crippen molar-refractivity contribution in [3.8, 4) is 0 Å². The molecule has 0 bridgehead atoms. The van der Waals surface area contributed by atoms with Crippen LogP contribution >= 0.6 is 0 Å². The first kappa shape index (κ1) is 14.6. The second-order valence-electron chi connectivity index (χ2n) is 5.21. The highest BCUT2D eigenvalue weighted by Crippen LogP contribution is 2.34. The second kappa shape index (κ2) is 4.93. The molecule has 0 nitrogen and oxygen atoms in total. The fourth-order valence-corrected chi connectivity index (χ4v) is 2.11. The summed E-state index contributed by atoms with van der Waals surface area (Å²) in [5.74, 6) is -0.336. The van der Waals surface area contributed by atoms with Gasteiger partial charge in [0.25, 0.3) is 0 Å². The third-order valence-electron chi connectivity index (χ3n) is 3.50. The van der Waals surface area contributed by atoms with Gasteiger partial charge in [0.15, 0.2) is 0 Å². The van der Waals surface area contributed by atoms with Crippen molar-refractivity contribution in [1.29, 1.82) is 0 Å². The summed E-state index contributed by atoms with van der Waals surface area (Å²) in [4.78, 5) is 0. The summed E-state index contributed by atoms with van der Waals surface area (Å²) in [6, 6.07) is 11.1. The highest BCUT2D eigenvalue weighted by Gasteiger charge is 2.31. The lowest BCUT2D eigenvalue weighted by molar-refractivity contribution is -0.137. The van der Waals surface area contributed by atoms with Crippen LogP contribution in [0.2, 0.25) is 0 Å². The summed E-state index contributed by atoms with van der Waals surface area (Å²) in [5.41, 5.74) is 0.435. The number of rotatable bonds is 2. The van der Waals surface area contributed by atoms with Gasteiger partial charge in [0, 0.05) is 5.41 Å². The average Bonchev–Trinajstić information content (AvgIpc) is 2.38. The van der Waals surface area contributed by atoms with Gasteiger partial charge >= 0.3 is 6.18 Å². The molecule has 0 aromatic heterocycles. The summed E-state index contributed by atoms with van der Waals surface area (Å²) >= 11 is 0. The third kappa shape index (κ3) is 2.84. The molecule has 106 valence electrons. The predicted molar refractivity (Wildman–Crippen MR) is 70.0 cm³/mol. The van der Waals surface area contributed by atoms with Crippen LogP contribution in [0.25, 0.3) is 0 Å². The first-order chi connectivity index (χ1) is 9.21. The Morgan fingerprint density at radius 1 is 0.650 bits per heavy atom. The summed E-state index contributed by atoms with van der Waals surface area (Å²) in [6.07, 6.45) is -4.33. The van der Waals surface area contributed by atoms with Crippen molar-refractivity contribution in [2.75, 3.05) is 0 Å². The van der Waals surface area contributed by atoms with Crippen LogP contribution < -0.4 is 0 Å². The maximum atomic E-state index is 12.9. The molecular weight excluding hydrogens is 268 g/mol. The van der Waals surface area contributed by atoms with E-state index in [9.17, 15) is 17.6 Å². The van der Waals surface area contributed by atoms with Gasteiger partial charge in [-0.2, -0.15) is 13.2 Å². The molecule has 2 rings (SSSR count). The first-order valence-corrected chi connectivity index (χ1v) is 6.15. The van der Waals surface area contributed by atoms with Gasteiger partial charge in [-0.05, 0) is 35.4 Å². The van der Waals surface area contributed by atoms with E-state index in [0.717, 1.165) is 23.3 Å². The zero-order valence-electron chi connectivity index (χ0n) is 11.1. The SMILES string of the molecule is CC(C)(c1ccc(F)cc1)c1ccc(C(F)(F)F)cc1. The molecule has 2 aromatic carbocycles. The molecule has 0 aliphatic rings.